The van der Waals surface area contributed by atoms with Crippen molar-refractivity contribution >= 4 is 39.6 Å². The van der Waals surface area contributed by atoms with Crippen LogP contribution in [0.4, 0.5) is 4.39 Å². The lowest BCUT2D eigenvalue weighted by Crippen LogP contribution is -2.41. The number of carbonyl (C=O) groups excluding carboxylic acids is 1. The fourth-order valence-corrected chi connectivity index (χ4v) is 3.17. The number of benzene rings is 1. The van der Waals surface area contributed by atoms with E-state index < -0.39 is 23.7 Å². The molecule has 0 radical (unpaired) electrons. The molecule has 1 aromatic carbocycles. The fraction of sp³-hybridized carbons (Fsp3) is 0.273. The normalized spacial score (nSPS) is 19.0. The molecule has 18 heavy (non-hydrogen) atoms. The Bertz CT molecular complexity index is 511. The quantitative estimate of drug-likeness (QED) is 0.901. The zero-order valence-electron chi connectivity index (χ0n) is 9.10. The van der Waals surface area contributed by atoms with E-state index in [2.05, 4.69) is 15.9 Å². The molecule has 2 rings (SSSR count). The van der Waals surface area contributed by atoms with Crippen LogP contribution in [0.15, 0.2) is 22.7 Å². The summed E-state index contributed by atoms with van der Waals surface area (Å²) in [4.78, 5) is 24.4. The average molecular weight is 334 g/mol. The van der Waals surface area contributed by atoms with E-state index in [0.717, 1.165) is 0 Å². The molecule has 1 fully saturated rings. The number of carboxylic acid groups (broad SMARTS) is 1. The number of hydrogen-bond donors (Lipinski definition) is 1. The number of thioether (sulfide) groups is 1. The van der Waals surface area contributed by atoms with Crippen LogP contribution in [0.1, 0.15) is 10.4 Å². The van der Waals surface area contributed by atoms with Crippen molar-refractivity contribution in [1.29, 1.82) is 0 Å². The van der Waals surface area contributed by atoms with Crippen LogP contribution in [0, 0.1) is 5.82 Å². The number of nitrogens with zero attached hydrogens (tertiary/aromatic N) is 1. The van der Waals surface area contributed by atoms with Crippen LogP contribution >= 0.6 is 27.7 Å². The van der Waals surface area contributed by atoms with Gasteiger partial charge in [-0.25, -0.2) is 9.18 Å². The Balaban J connectivity index is 2.25. The maximum Gasteiger partial charge on any atom is 0.327 e. The van der Waals surface area contributed by atoms with E-state index in [1.807, 2.05) is 0 Å². The van der Waals surface area contributed by atoms with Crippen molar-refractivity contribution in [1.82, 2.24) is 4.90 Å². The Morgan fingerprint density at radius 1 is 1.50 bits per heavy atom. The molecule has 1 N–H and O–H groups in total. The van der Waals surface area contributed by atoms with Crippen LogP contribution in [0.5, 0.6) is 0 Å². The molecule has 0 spiro atoms. The van der Waals surface area contributed by atoms with Gasteiger partial charge in [-0.05, 0) is 34.1 Å². The summed E-state index contributed by atoms with van der Waals surface area (Å²) in [6, 6.07) is 3.08. The molecule has 1 heterocycles. The van der Waals surface area contributed by atoms with Crippen LogP contribution in [0.3, 0.4) is 0 Å². The molecule has 0 bridgehead atoms. The molecule has 1 atom stereocenters. The van der Waals surface area contributed by atoms with Crippen LogP contribution in [-0.2, 0) is 4.79 Å². The minimum atomic E-state index is -1.02. The van der Waals surface area contributed by atoms with E-state index in [4.69, 9.17) is 5.11 Å². The molecule has 1 unspecified atom stereocenters. The van der Waals surface area contributed by atoms with Gasteiger partial charge in [0, 0.05) is 11.3 Å². The first-order valence-corrected chi connectivity index (χ1v) is 7.02. The number of aliphatic carboxylic acids is 1. The first-order chi connectivity index (χ1) is 8.50. The van der Waals surface area contributed by atoms with Gasteiger partial charge in [0.25, 0.3) is 5.91 Å². The molecule has 4 nitrogen and oxygen atoms in total. The molecule has 1 amide bonds. The van der Waals surface area contributed by atoms with Gasteiger partial charge >= 0.3 is 5.97 Å². The molecular weight excluding hydrogens is 325 g/mol. The van der Waals surface area contributed by atoms with Crippen molar-refractivity contribution in [2.45, 2.75) is 6.04 Å². The second-order valence-corrected chi connectivity index (χ2v) is 5.61. The second-order valence-electron chi connectivity index (χ2n) is 3.76. The average Bonchev–Trinajstić information content (AvgIpc) is 2.81. The van der Waals surface area contributed by atoms with Crippen molar-refractivity contribution in [3.05, 3.63) is 34.1 Å². The van der Waals surface area contributed by atoms with E-state index in [0.29, 0.717) is 11.6 Å². The third-order valence-corrected chi connectivity index (χ3v) is 4.21. The largest absolute Gasteiger partial charge is 0.480 e. The van der Waals surface area contributed by atoms with E-state index in [1.165, 1.54) is 34.9 Å². The number of hydrogen-bond acceptors (Lipinski definition) is 3. The zero-order chi connectivity index (χ0) is 13.3. The zero-order valence-corrected chi connectivity index (χ0v) is 11.5. The summed E-state index contributed by atoms with van der Waals surface area (Å²) in [6.07, 6.45) is 0. The molecule has 1 aliphatic rings. The summed E-state index contributed by atoms with van der Waals surface area (Å²) in [7, 11) is 0. The fourth-order valence-electron chi connectivity index (χ4n) is 1.64. The lowest BCUT2D eigenvalue weighted by molar-refractivity contribution is -0.140. The Kier molecular flexibility index (Phi) is 3.91. The lowest BCUT2D eigenvalue weighted by atomic mass is 10.1. The molecule has 96 valence electrons. The van der Waals surface area contributed by atoms with Gasteiger partial charge in [0.05, 0.1) is 10.3 Å². The SMILES string of the molecule is O=C(O)C1CSCN1C(=O)c1ccc(F)c(Br)c1. The summed E-state index contributed by atoms with van der Waals surface area (Å²) < 4.78 is 13.3. The monoisotopic (exact) mass is 333 g/mol. The number of carbonyl (C=O) groups is 2. The molecule has 0 saturated carbocycles. The minimum Gasteiger partial charge on any atom is -0.480 e. The van der Waals surface area contributed by atoms with Gasteiger partial charge in [-0.15, -0.1) is 11.8 Å². The van der Waals surface area contributed by atoms with Crippen LogP contribution < -0.4 is 0 Å². The first kappa shape index (κ1) is 13.4. The molecule has 0 aromatic heterocycles. The standard InChI is InChI=1S/C11H9BrFNO3S/c12-7-3-6(1-2-8(7)13)10(15)14-5-18-4-9(14)11(16)17/h1-3,9H,4-5H2,(H,16,17). The summed E-state index contributed by atoms with van der Waals surface area (Å²) >= 11 is 4.39. The predicted molar refractivity (Wildman–Crippen MR) is 69.0 cm³/mol. The highest BCUT2D eigenvalue weighted by molar-refractivity contribution is 9.10. The van der Waals surface area contributed by atoms with Gasteiger partial charge in [-0.1, -0.05) is 0 Å². The van der Waals surface area contributed by atoms with Crippen molar-refractivity contribution in [3.8, 4) is 0 Å². The maximum atomic E-state index is 13.1. The Morgan fingerprint density at radius 2 is 2.22 bits per heavy atom. The van der Waals surface area contributed by atoms with Crippen molar-refractivity contribution in [2.24, 2.45) is 0 Å². The van der Waals surface area contributed by atoms with Gasteiger partial charge in [0.1, 0.15) is 11.9 Å². The third-order valence-electron chi connectivity index (χ3n) is 2.59. The van der Waals surface area contributed by atoms with Gasteiger partial charge in [-0.2, -0.15) is 0 Å². The smallest absolute Gasteiger partial charge is 0.327 e. The van der Waals surface area contributed by atoms with Crippen LogP contribution in [0.25, 0.3) is 0 Å². The van der Waals surface area contributed by atoms with Crippen molar-refractivity contribution in [3.63, 3.8) is 0 Å². The molecule has 1 aliphatic heterocycles. The van der Waals surface area contributed by atoms with E-state index in [-0.39, 0.29) is 10.0 Å². The van der Waals surface area contributed by atoms with E-state index in [1.54, 1.807) is 0 Å². The van der Waals surface area contributed by atoms with E-state index >= 15 is 0 Å². The van der Waals surface area contributed by atoms with E-state index in [9.17, 15) is 14.0 Å². The number of amides is 1. The predicted octanol–water partition coefficient (Wildman–Crippen LogP) is 2.19. The topological polar surface area (TPSA) is 57.6 Å². The minimum absolute atomic E-state index is 0.187. The second kappa shape index (κ2) is 5.27. The number of carboxylic acids is 1. The lowest BCUT2D eigenvalue weighted by Gasteiger charge is -2.20. The highest BCUT2D eigenvalue weighted by Crippen LogP contribution is 2.25. The number of rotatable bonds is 2. The van der Waals surface area contributed by atoms with Crippen LogP contribution in [-0.4, -0.2) is 39.6 Å². The van der Waals surface area contributed by atoms with Crippen molar-refractivity contribution < 1.29 is 19.1 Å². The molecule has 0 aliphatic carbocycles. The van der Waals surface area contributed by atoms with Gasteiger partial charge in [0.15, 0.2) is 0 Å². The third kappa shape index (κ3) is 2.51. The summed E-state index contributed by atoms with van der Waals surface area (Å²) in [5, 5.41) is 9.00. The molecule has 7 heteroatoms. The Morgan fingerprint density at radius 3 is 2.83 bits per heavy atom. The van der Waals surface area contributed by atoms with Crippen molar-refractivity contribution in [2.75, 3.05) is 11.6 Å². The van der Waals surface area contributed by atoms with Crippen LogP contribution in [0.2, 0.25) is 0 Å². The number of halogens is 2. The Hall–Kier alpha value is -1.08. The summed E-state index contributed by atoms with van der Waals surface area (Å²) in [5.41, 5.74) is 0.275. The summed E-state index contributed by atoms with van der Waals surface area (Å²) in [5.74, 6) is -1.16. The Labute approximate surface area is 115 Å². The van der Waals surface area contributed by atoms with Gasteiger partial charge in [-0.3, -0.25) is 4.79 Å². The maximum absolute atomic E-state index is 13.1. The summed E-state index contributed by atoms with van der Waals surface area (Å²) in [6.45, 7) is 0. The highest BCUT2D eigenvalue weighted by Gasteiger charge is 2.35. The molecular formula is C11H9BrFNO3S. The molecule has 1 aromatic rings. The first-order valence-electron chi connectivity index (χ1n) is 5.07. The van der Waals surface area contributed by atoms with Gasteiger partial charge < -0.3 is 10.0 Å². The van der Waals surface area contributed by atoms with Gasteiger partial charge in [0.2, 0.25) is 0 Å². The molecule has 1 saturated heterocycles. The highest BCUT2D eigenvalue weighted by atomic mass is 79.9.